The van der Waals surface area contributed by atoms with Crippen LogP contribution in [0.25, 0.3) is 0 Å². The van der Waals surface area contributed by atoms with Crippen LogP contribution in [0.5, 0.6) is 0 Å². The van der Waals surface area contributed by atoms with Crippen molar-refractivity contribution in [3.8, 4) is 0 Å². The van der Waals surface area contributed by atoms with Crippen molar-refractivity contribution in [3.05, 3.63) is 60.2 Å². The van der Waals surface area contributed by atoms with Gasteiger partial charge in [0.05, 0.1) is 15.4 Å². The van der Waals surface area contributed by atoms with Crippen molar-refractivity contribution in [2.24, 2.45) is 5.41 Å². The molecule has 0 amide bonds. The van der Waals surface area contributed by atoms with Crippen molar-refractivity contribution in [1.82, 2.24) is 20.6 Å². The first-order valence-corrected chi connectivity index (χ1v) is 8.16. The summed E-state index contributed by atoms with van der Waals surface area (Å²) < 4.78 is 0. The van der Waals surface area contributed by atoms with Gasteiger partial charge >= 0.3 is 0 Å². The van der Waals surface area contributed by atoms with Crippen LogP contribution in [0.1, 0.15) is 25.0 Å². The Labute approximate surface area is 147 Å². The summed E-state index contributed by atoms with van der Waals surface area (Å²) in [6.07, 6.45) is 7.08. The number of rotatable bonds is 6. The quantitative estimate of drug-likeness (QED) is 0.786. The number of hydrogen-bond donors (Lipinski definition) is 2. The minimum Gasteiger partial charge on any atom is -0.375 e. The van der Waals surface area contributed by atoms with Crippen LogP contribution in [-0.2, 0) is 13.1 Å². The molecule has 0 fully saturated rings. The van der Waals surface area contributed by atoms with E-state index in [0.29, 0.717) is 13.1 Å². The minimum atomic E-state index is -0.412. The second-order valence-corrected chi connectivity index (χ2v) is 6.52. The van der Waals surface area contributed by atoms with E-state index in [1.807, 2.05) is 38.1 Å². The topological polar surface area (TPSA) is 49.8 Å². The first-order chi connectivity index (χ1) is 11.0. The SMILES string of the molecule is CC(C)(C(=S)NCc1ccncc1)C(=S)NCc1ccncc1. The third-order valence-electron chi connectivity index (χ3n) is 3.54. The summed E-state index contributed by atoms with van der Waals surface area (Å²) in [5.74, 6) is 0. The highest BCUT2D eigenvalue weighted by Crippen LogP contribution is 2.19. The van der Waals surface area contributed by atoms with Gasteiger partial charge in [0.25, 0.3) is 0 Å². The van der Waals surface area contributed by atoms with Crippen molar-refractivity contribution in [1.29, 1.82) is 0 Å². The Bertz CT molecular complexity index is 599. The third-order valence-corrected chi connectivity index (χ3v) is 4.85. The maximum atomic E-state index is 5.53. The van der Waals surface area contributed by atoms with Crippen LogP contribution in [0.2, 0.25) is 0 Å². The minimum absolute atomic E-state index is 0.412. The molecule has 0 spiro atoms. The average Bonchev–Trinajstić information content (AvgIpc) is 2.59. The summed E-state index contributed by atoms with van der Waals surface area (Å²) in [4.78, 5) is 9.46. The van der Waals surface area contributed by atoms with Gasteiger partial charge in [-0.2, -0.15) is 0 Å². The Morgan fingerprint density at radius 3 is 1.52 bits per heavy atom. The van der Waals surface area contributed by atoms with E-state index in [1.165, 1.54) is 0 Å². The second-order valence-electron chi connectivity index (χ2n) is 5.70. The lowest BCUT2D eigenvalue weighted by atomic mass is 9.92. The van der Waals surface area contributed by atoms with Crippen molar-refractivity contribution in [3.63, 3.8) is 0 Å². The van der Waals surface area contributed by atoms with Crippen LogP contribution in [0.3, 0.4) is 0 Å². The van der Waals surface area contributed by atoms with E-state index in [2.05, 4.69) is 20.6 Å². The summed E-state index contributed by atoms with van der Waals surface area (Å²) in [7, 11) is 0. The van der Waals surface area contributed by atoms with Crippen molar-refractivity contribution < 1.29 is 0 Å². The normalized spacial score (nSPS) is 10.9. The van der Waals surface area contributed by atoms with Crippen LogP contribution in [0.4, 0.5) is 0 Å². The van der Waals surface area contributed by atoms with E-state index in [9.17, 15) is 0 Å². The molecule has 2 rings (SSSR count). The number of thiocarbonyl (C=S) groups is 2. The number of hydrogen-bond acceptors (Lipinski definition) is 4. The van der Waals surface area contributed by atoms with Gasteiger partial charge in [0, 0.05) is 37.9 Å². The zero-order chi connectivity index (χ0) is 16.7. The van der Waals surface area contributed by atoms with Crippen LogP contribution in [0.15, 0.2) is 49.1 Å². The first kappa shape index (κ1) is 17.4. The highest BCUT2D eigenvalue weighted by molar-refractivity contribution is 7.82. The van der Waals surface area contributed by atoms with Gasteiger partial charge in [-0.05, 0) is 49.2 Å². The molecular weight excluding hydrogens is 324 g/mol. The lowest BCUT2D eigenvalue weighted by molar-refractivity contribution is 0.671. The molecule has 0 atom stereocenters. The molecule has 2 N–H and O–H groups in total. The molecule has 0 bridgehead atoms. The fraction of sp³-hybridized carbons (Fsp3) is 0.294. The predicted molar refractivity (Wildman–Crippen MR) is 101 cm³/mol. The fourth-order valence-electron chi connectivity index (χ4n) is 1.91. The van der Waals surface area contributed by atoms with Gasteiger partial charge < -0.3 is 10.6 Å². The largest absolute Gasteiger partial charge is 0.375 e. The molecule has 0 aromatic carbocycles. The standard InChI is InChI=1S/C17H20N4S2/c1-17(2,15(22)20-11-13-3-7-18-8-4-13)16(23)21-12-14-5-9-19-10-6-14/h3-10H,11-12H2,1-2H3,(H,20,22)(H,21,23). The molecule has 0 unspecified atom stereocenters. The predicted octanol–water partition coefficient (Wildman–Crippen LogP) is 3.04. The summed E-state index contributed by atoms with van der Waals surface area (Å²) in [6.45, 7) is 5.38. The maximum absolute atomic E-state index is 5.53. The smallest absolute Gasteiger partial charge is 0.0881 e. The van der Waals surface area contributed by atoms with E-state index < -0.39 is 5.41 Å². The average molecular weight is 345 g/mol. The molecule has 0 aliphatic heterocycles. The van der Waals surface area contributed by atoms with E-state index >= 15 is 0 Å². The number of pyridine rings is 2. The van der Waals surface area contributed by atoms with Gasteiger partial charge in [0.2, 0.25) is 0 Å². The molecule has 0 radical (unpaired) electrons. The van der Waals surface area contributed by atoms with Gasteiger partial charge in [0.1, 0.15) is 0 Å². The van der Waals surface area contributed by atoms with Gasteiger partial charge in [-0.3, -0.25) is 9.97 Å². The lowest BCUT2D eigenvalue weighted by Gasteiger charge is -2.28. The first-order valence-electron chi connectivity index (χ1n) is 7.34. The van der Waals surface area contributed by atoms with Gasteiger partial charge in [-0.25, -0.2) is 0 Å². The van der Waals surface area contributed by atoms with E-state index in [-0.39, 0.29) is 0 Å². The summed E-state index contributed by atoms with van der Waals surface area (Å²) in [5, 5.41) is 6.57. The Morgan fingerprint density at radius 1 is 0.826 bits per heavy atom. The molecule has 0 saturated heterocycles. The highest BCUT2D eigenvalue weighted by Gasteiger charge is 2.28. The van der Waals surface area contributed by atoms with Crippen LogP contribution >= 0.6 is 24.4 Å². The summed E-state index contributed by atoms with van der Waals surface area (Å²) >= 11 is 11.1. The molecule has 6 heteroatoms. The number of nitrogens with one attached hydrogen (secondary N) is 2. The highest BCUT2D eigenvalue weighted by atomic mass is 32.1. The Morgan fingerprint density at radius 2 is 1.17 bits per heavy atom. The molecule has 0 aliphatic carbocycles. The summed E-state index contributed by atoms with van der Waals surface area (Å²) in [6, 6.07) is 7.84. The van der Waals surface area contributed by atoms with Crippen molar-refractivity contribution in [2.45, 2.75) is 26.9 Å². The molecule has 2 heterocycles. The van der Waals surface area contributed by atoms with Crippen LogP contribution in [-0.4, -0.2) is 19.9 Å². The zero-order valence-corrected chi connectivity index (χ0v) is 14.9. The Hall–Kier alpha value is -1.92. The zero-order valence-electron chi connectivity index (χ0n) is 13.2. The fourth-order valence-corrected chi connectivity index (χ4v) is 2.32. The molecule has 2 aromatic heterocycles. The van der Waals surface area contributed by atoms with Crippen LogP contribution in [0, 0.1) is 5.41 Å². The van der Waals surface area contributed by atoms with Gasteiger partial charge in [-0.15, -0.1) is 0 Å². The van der Waals surface area contributed by atoms with Gasteiger partial charge in [0.15, 0.2) is 0 Å². The molecule has 0 aliphatic rings. The van der Waals surface area contributed by atoms with E-state index in [1.54, 1.807) is 24.8 Å². The molecule has 120 valence electrons. The van der Waals surface area contributed by atoms with Crippen LogP contribution < -0.4 is 10.6 Å². The molecule has 4 nitrogen and oxygen atoms in total. The molecule has 0 saturated carbocycles. The Kier molecular flexibility index (Phi) is 6.12. The number of aromatic nitrogens is 2. The third kappa shape index (κ3) is 5.04. The summed E-state index contributed by atoms with van der Waals surface area (Å²) in [5.41, 5.74) is 1.85. The monoisotopic (exact) mass is 344 g/mol. The molecule has 2 aromatic rings. The van der Waals surface area contributed by atoms with Gasteiger partial charge in [-0.1, -0.05) is 24.4 Å². The van der Waals surface area contributed by atoms with E-state index in [0.717, 1.165) is 21.1 Å². The second kappa shape index (κ2) is 8.08. The number of nitrogens with zero attached hydrogens (tertiary/aromatic N) is 2. The molecule has 23 heavy (non-hydrogen) atoms. The Balaban J connectivity index is 1.88. The van der Waals surface area contributed by atoms with Crippen molar-refractivity contribution in [2.75, 3.05) is 0 Å². The molecular formula is C17H20N4S2. The van der Waals surface area contributed by atoms with Crippen molar-refractivity contribution >= 4 is 34.4 Å². The van der Waals surface area contributed by atoms with E-state index in [4.69, 9.17) is 24.4 Å². The lowest BCUT2D eigenvalue weighted by Crippen LogP contribution is -2.45. The maximum Gasteiger partial charge on any atom is 0.0881 e.